The van der Waals surface area contributed by atoms with Gasteiger partial charge in [0.25, 0.3) is 6.17 Å². The molecule has 0 fully saturated rings. The average Bonchev–Trinajstić information content (AvgIpc) is 2.82. The number of hydrogen-bond donors (Lipinski definition) is 1. The highest BCUT2D eigenvalue weighted by Crippen LogP contribution is 2.42. The van der Waals surface area contributed by atoms with Gasteiger partial charge in [0.15, 0.2) is 11.5 Å². The normalized spacial score (nSPS) is 14.1. The maximum Gasteiger partial charge on any atom is 0.325 e. The Morgan fingerprint density at radius 2 is 2.06 bits per heavy atom. The predicted octanol–water partition coefficient (Wildman–Crippen LogP) is 3.61. The molecule has 1 amide bonds. The molecule has 35 heavy (non-hydrogen) atoms. The van der Waals surface area contributed by atoms with E-state index in [0.717, 1.165) is 0 Å². The average molecular weight is 558 g/mol. The third-order valence-corrected chi connectivity index (χ3v) is 6.68. The van der Waals surface area contributed by atoms with E-state index in [2.05, 4.69) is 27.5 Å². The van der Waals surface area contributed by atoms with Crippen LogP contribution < -0.4 is 24.6 Å². The quantitative estimate of drug-likeness (QED) is 0.162. The van der Waals surface area contributed by atoms with Gasteiger partial charge in [-0.3, -0.25) is 19.4 Å². The number of nitrogens with zero attached hydrogens (tertiary/aromatic N) is 3. The van der Waals surface area contributed by atoms with Crippen molar-refractivity contribution in [3.8, 4) is 22.8 Å². The van der Waals surface area contributed by atoms with Crippen LogP contribution in [-0.2, 0) is 9.59 Å². The molecule has 0 radical (unpaired) electrons. The van der Waals surface area contributed by atoms with E-state index in [1.165, 1.54) is 32.7 Å². The molecule has 1 unspecified atom stereocenters. The number of para-hydroxylation sites is 1. The summed E-state index contributed by atoms with van der Waals surface area (Å²) in [5.74, 6) is 0.268. The minimum Gasteiger partial charge on any atom is -0.493 e. The van der Waals surface area contributed by atoms with E-state index < -0.39 is 12.1 Å². The second-order valence-electron chi connectivity index (χ2n) is 7.56. The molecule has 0 bridgehead atoms. The number of carbonyl (C=O) groups excluding carboxylic acids is 2. The molecule has 0 spiro atoms. The molecule has 0 aliphatic carbocycles. The van der Waals surface area contributed by atoms with Crippen molar-refractivity contribution in [3.63, 3.8) is 0 Å². The van der Waals surface area contributed by atoms with Crippen molar-refractivity contribution in [2.24, 2.45) is 0 Å². The monoisotopic (exact) mass is 557 g/mol. The Morgan fingerprint density at radius 3 is 2.71 bits per heavy atom. The summed E-state index contributed by atoms with van der Waals surface area (Å²) in [5.41, 5.74) is 1.71. The number of amides is 1. The number of esters is 1. The SMILES string of the molecule is C=CCSc1n[n+]2c(c(=O)[nH]1)-c1ccccc1N(C(C)=O)C2c1cc(Br)c(OC(C)=O)c(OC)c1. The maximum atomic E-state index is 13.3. The summed E-state index contributed by atoms with van der Waals surface area (Å²) in [5, 5.41) is 5.08. The van der Waals surface area contributed by atoms with Gasteiger partial charge in [-0.2, -0.15) is 0 Å². The highest BCUT2D eigenvalue weighted by Gasteiger charge is 2.45. The molecule has 3 aromatic rings. The summed E-state index contributed by atoms with van der Waals surface area (Å²) >= 11 is 4.77. The molecule has 4 rings (SSSR count). The summed E-state index contributed by atoms with van der Waals surface area (Å²) in [6.07, 6.45) is 0.887. The Bertz CT molecular complexity index is 1410. The van der Waals surface area contributed by atoms with Crippen molar-refractivity contribution < 1.29 is 23.7 Å². The number of thioether (sulfide) groups is 1. The van der Waals surface area contributed by atoms with Crippen LogP contribution in [0.2, 0.25) is 0 Å². The lowest BCUT2D eigenvalue weighted by Gasteiger charge is -2.31. The molecule has 2 aromatic carbocycles. The van der Waals surface area contributed by atoms with Crippen molar-refractivity contribution in [1.82, 2.24) is 10.1 Å². The van der Waals surface area contributed by atoms with Gasteiger partial charge < -0.3 is 9.47 Å². The summed E-state index contributed by atoms with van der Waals surface area (Å²) < 4.78 is 12.8. The molecule has 180 valence electrons. The van der Waals surface area contributed by atoms with Crippen LogP contribution in [0.5, 0.6) is 11.5 Å². The maximum absolute atomic E-state index is 13.3. The van der Waals surface area contributed by atoms with Crippen LogP contribution in [0, 0.1) is 0 Å². The smallest absolute Gasteiger partial charge is 0.325 e. The minimum absolute atomic E-state index is 0.209. The van der Waals surface area contributed by atoms with Crippen LogP contribution >= 0.6 is 27.7 Å². The van der Waals surface area contributed by atoms with Crippen LogP contribution in [0.25, 0.3) is 11.3 Å². The number of anilines is 1. The van der Waals surface area contributed by atoms with Gasteiger partial charge in [-0.05, 0) is 44.9 Å². The molecule has 1 N–H and O–H groups in total. The van der Waals surface area contributed by atoms with Crippen molar-refractivity contribution in [2.75, 3.05) is 17.8 Å². The second-order valence-corrected chi connectivity index (χ2v) is 9.42. The van der Waals surface area contributed by atoms with E-state index in [4.69, 9.17) is 14.6 Å². The van der Waals surface area contributed by atoms with Gasteiger partial charge in [-0.1, -0.05) is 30.0 Å². The third kappa shape index (κ3) is 4.61. The van der Waals surface area contributed by atoms with Crippen molar-refractivity contribution >= 4 is 45.3 Å². The number of fused-ring (bicyclic) bond motifs is 3. The molecule has 9 nitrogen and oxygen atoms in total. The minimum atomic E-state index is -0.820. The van der Waals surface area contributed by atoms with Crippen LogP contribution in [0.15, 0.2) is 63.5 Å². The number of aromatic nitrogens is 3. The second kappa shape index (κ2) is 10.0. The third-order valence-electron chi connectivity index (χ3n) is 5.23. The number of methoxy groups -OCH3 is 1. The summed E-state index contributed by atoms with van der Waals surface area (Å²) in [6.45, 7) is 6.46. The first-order valence-corrected chi connectivity index (χ1v) is 12.3. The number of aromatic amines is 1. The molecule has 1 aromatic heterocycles. The summed E-state index contributed by atoms with van der Waals surface area (Å²) in [7, 11) is 1.45. The number of benzene rings is 2. The number of hydrogen-bond acceptors (Lipinski definition) is 7. The molecule has 1 aliphatic rings. The molecule has 1 atom stereocenters. The molecular formula is C24H22BrN4O5S+. The first-order valence-electron chi connectivity index (χ1n) is 10.5. The fraction of sp³-hybridized carbons (Fsp3) is 0.208. The highest BCUT2D eigenvalue weighted by atomic mass is 79.9. The Balaban J connectivity index is 2.03. The molecular weight excluding hydrogens is 536 g/mol. The summed E-state index contributed by atoms with van der Waals surface area (Å²) in [4.78, 5) is 42.3. The van der Waals surface area contributed by atoms with Crippen LogP contribution in [0.3, 0.4) is 0 Å². The van der Waals surface area contributed by atoms with Crippen molar-refractivity contribution in [2.45, 2.75) is 25.2 Å². The lowest BCUT2D eigenvalue weighted by Crippen LogP contribution is -2.60. The standard InChI is InChI=1S/C24H21BrN4O5S/c1-5-10-35-24-26-22(32)20-16-8-6-7-9-18(16)28(13(2)30)23(29(20)27-24)15-11-17(25)21(34-14(3)31)19(12-15)33-4/h5-9,11-12,23H,1,10H2,2-4H3/p+1. The van der Waals surface area contributed by atoms with Gasteiger partial charge >= 0.3 is 17.2 Å². The lowest BCUT2D eigenvalue weighted by atomic mass is 10.0. The van der Waals surface area contributed by atoms with Gasteiger partial charge in [0, 0.05) is 24.7 Å². The Morgan fingerprint density at radius 1 is 1.31 bits per heavy atom. The number of halogens is 1. The Hall–Kier alpha value is -3.44. The highest BCUT2D eigenvalue weighted by molar-refractivity contribution is 9.10. The van der Waals surface area contributed by atoms with E-state index in [-0.39, 0.29) is 23.0 Å². The van der Waals surface area contributed by atoms with Crippen LogP contribution in [-0.4, -0.2) is 34.8 Å². The van der Waals surface area contributed by atoms with Crippen LogP contribution in [0.1, 0.15) is 25.6 Å². The number of ether oxygens (including phenoxy) is 2. The van der Waals surface area contributed by atoms with E-state index in [0.29, 0.717) is 37.9 Å². The zero-order valence-corrected chi connectivity index (χ0v) is 21.6. The van der Waals surface area contributed by atoms with Crippen LogP contribution in [0.4, 0.5) is 5.69 Å². The zero-order valence-electron chi connectivity index (χ0n) is 19.2. The number of carbonyl (C=O) groups is 2. The number of rotatable bonds is 6. The summed E-state index contributed by atoms with van der Waals surface area (Å²) in [6, 6.07) is 10.5. The fourth-order valence-electron chi connectivity index (χ4n) is 3.95. The van der Waals surface area contributed by atoms with Gasteiger partial charge in [-0.25, -0.2) is 4.90 Å². The Labute approximate surface area is 213 Å². The molecule has 0 saturated heterocycles. The number of nitrogens with one attached hydrogen (secondary N) is 1. The lowest BCUT2D eigenvalue weighted by molar-refractivity contribution is -0.763. The fourth-order valence-corrected chi connectivity index (χ4v) is 5.07. The van der Waals surface area contributed by atoms with Gasteiger partial charge in [0.2, 0.25) is 11.1 Å². The van der Waals surface area contributed by atoms with Gasteiger partial charge in [0.05, 0.1) is 28.4 Å². The first-order chi connectivity index (χ1) is 16.8. The van der Waals surface area contributed by atoms with E-state index in [1.807, 2.05) is 0 Å². The number of H-pyrrole nitrogens is 1. The predicted molar refractivity (Wildman–Crippen MR) is 135 cm³/mol. The molecule has 0 saturated carbocycles. The Kier molecular flexibility index (Phi) is 7.08. The van der Waals surface area contributed by atoms with E-state index >= 15 is 0 Å². The zero-order chi connectivity index (χ0) is 25.3. The van der Waals surface area contributed by atoms with Gasteiger partial charge in [0.1, 0.15) is 0 Å². The van der Waals surface area contributed by atoms with Crippen molar-refractivity contribution in [3.05, 3.63) is 69.4 Å². The van der Waals surface area contributed by atoms with E-state index in [1.54, 1.807) is 52.1 Å². The van der Waals surface area contributed by atoms with E-state index in [9.17, 15) is 14.4 Å². The van der Waals surface area contributed by atoms with Gasteiger partial charge in [-0.15, -0.1) is 6.58 Å². The molecule has 1 aliphatic heterocycles. The molecule has 11 heteroatoms. The largest absolute Gasteiger partial charge is 0.493 e. The topological polar surface area (TPSA) is 105 Å². The first kappa shape index (κ1) is 24.7. The van der Waals surface area contributed by atoms with Crippen molar-refractivity contribution in [1.29, 1.82) is 0 Å². The molecule has 2 heterocycles.